The summed E-state index contributed by atoms with van der Waals surface area (Å²) in [6, 6.07) is -0.101. The van der Waals surface area contributed by atoms with Crippen molar-refractivity contribution in [3.63, 3.8) is 0 Å². The van der Waals surface area contributed by atoms with Gasteiger partial charge in [0.2, 0.25) is 5.95 Å². The van der Waals surface area contributed by atoms with Gasteiger partial charge in [0.1, 0.15) is 0 Å². The molecule has 0 amide bonds. The molecular weight excluding hydrogens is 239 g/mol. The molecule has 0 aromatic carbocycles. The number of hydrogen-bond donors (Lipinski definition) is 2. The molecular formula is C6H11N4O5P. The lowest BCUT2D eigenvalue weighted by atomic mass is 10.9. The minimum absolute atomic E-state index is 0.0505. The van der Waals surface area contributed by atoms with E-state index in [-0.39, 0.29) is 18.0 Å². The van der Waals surface area contributed by atoms with E-state index in [0.29, 0.717) is 0 Å². The van der Waals surface area contributed by atoms with Crippen molar-refractivity contribution in [3.05, 3.63) is 0 Å². The highest BCUT2D eigenvalue weighted by atomic mass is 31.2. The molecule has 1 aromatic rings. The highest BCUT2D eigenvalue weighted by Gasteiger charge is 2.20. The van der Waals surface area contributed by atoms with Crippen molar-refractivity contribution in [1.82, 2.24) is 15.0 Å². The maximum Gasteiger partial charge on any atom is 0.432 e. The summed E-state index contributed by atoms with van der Waals surface area (Å²) in [5, 5.41) is 2.08. The molecule has 0 aliphatic carbocycles. The third-order valence-electron chi connectivity index (χ3n) is 1.45. The van der Waals surface area contributed by atoms with E-state index in [4.69, 9.17) is 14.4 Å². The Hall–Kier alpha value is -1.44. The normalized spacial score (nSPS) is 14.0. The summed E-state index contributed by atoms with van der Waals surface area (Å²) in [5.74, 6) is -0.184. The lowest BCUT2D eigenvalue weighted by Crippen LogP contribution is -2.06. The van der Waals surface area contributed by atoms with E-state index in [1.807, 2.05) is 0 Å². The molecule has 2 N–H and O–H groups in total. The topological polar surface area (TPSA) is 116 Å². The van der Waals surface area contributed by atoms with Crippen LogP contribution >= 0.6 is 7.75 Å². The molecule has 0 saturated carbocycles. The predicted octanol–water partition coefficient (Wildman–Crippen LogP) is 0.0475. The summed E-state index contributed by atoms with van der Waals surface area (Å²) >= 11 is 0. The zero-order valence-corrected chi connectivity index (χ0v) is 9.76. The third kappa shape index (κ3) is 3.30. The van der Waals surface area contributed by atoms with E-state index in [0.717, 1.165) is 7.11 Å². The number of hydrogen-bond acceptors (Lipinski definition) is 7. The van der Waals surface area contributed by atoms with Crippen molar-refractivity contribution < 1.29 is 23.5 Å². The molecule has 9 nitrogen and oxygen atoms in total. The second-order valence-corrected chi connectivity index (χ2v) is 4.08. The smallest absolute Gasteiger partial charge is 0.432 e. The summed E-state index contributed by atoms with van der Waals surface area (Å²) in [4.78, 5) is 20.2. The molecule has 16 heavy (non-hydrogen) atoms. The number of aromatic nitrogens is 3. The Morgan fingerprint density at radius 2 is 1.62 bits per heavy atom. The first-order valence-corrected chi connectivity index (χ1v) is 5.59. The van der Waals surface area contributed by atoms with E-state index >= 15 is 0 Å². The van der Waals surface area contributed by atoms with Gasteiger partial charge in [0.05, 0.1) is 14.2 Å². The molecule has 0 aliphatic rings. The Balaban J connectivity index is 3.00. The van der Waals surface area contributed by atoms with Gasteiger partial charge in [-0.1, -0.05) is 0 Å². The first-order chi connectivity index (χ1) is 7.50. The summed E-state index contributed by atoms with van der Waals surface area (Å²) < 4.78 is 25.0. The van der Waals surface area contributed by atoms with E-state index in [1.165, 1.54) is 14.2 Å². The van der Waals surface area contributed by atoms with Crippen LogP contribution < -0.4 is 14.6 Å². The number of anilines is 1. The van der Waals surface area contributed by atoms with Crippen molar-refractivity contribution >= 4 is 13.7 Å². The Morgan fingerprint density at radius 1 is 1.12 bits per heavy atom. The first-order valence-electron chi connectivity index (χ1n) is 4.01. The Bertz CT molecular complexity index is 392. The fraction of sp³-hybridized carbons (Fsp3) is 0.500. The van der Waals surface area contributed by atoms with Crippen molar-refractivity contribution in [3.8, 4) is 12.0 Å². The van der Waals surface area contributed by atoms with Gasteiger partial charge in [0.25, 0.3) is 0 Å². The third-order valence-corrected chi connectivity index (χ3v) is 2.43. The number of ether oxygens (including phenoxy) is 2. The fourth-order valence-corrected chi connectivity index (χ4v) is 1.19. The molecule has 0 saturated heterocycles. The van der Waals surface area contributed by atoms with Crippen LogP contribution in [0.2, 0.25) is 0 Å². The highest BCUT2D eigenvalue weighted by molar-refractivity contribution is 7.54. The number of methoxy groups -OCH3 is 2. The molecule has 0 spiro atoms. The average Bonchev–Trinajstić information content (AvgIpc) is 2.28. The van der Waals surface area contributed by atoms with Crippen LogP contribution in [0.15, 0.2) is 0 Å². The maximum atomic E-state index is 11.2. The zero-order valence-electron chi connectivity index (χ0n) is 8.87. The molecule has 1 atom stereocenters. The van der Waals surface area contributed by atoms with Crippen molar-refractivity contribution in [2.45, 2.75) is 0 Å². The Kier molecular flexibility index (Phi) is 3.99. The van der Waals surface area contributed by atoms with Gasteiger partial charge in [0.15, 0.2) is 0 Å². The van der Waals surface area contributed by atoms with Gasteiger partial charge in [-0.25, -0.2) is 4.57 Å². The van der Waals surface area contributed by atoms with Crippen LogP contribution in [0.1, 0.15) is 0 Å². The average molecular weight is 250 g/mol. The Labute approximate surface area is 91.4 Å². The van der Waals surface area contributed by atoms with Crippen molar-refractivity contribution in [2.75, 3.05) is 26.4 Å². The minimum Gasteiger partial charge on any atom is -0.467 e. The summed E-state index contributed by atoms with van der Waals surface area (Å²) in [7, 11) is -0.216. The van der Waals surface area contributed by atoms with Gasteiger partial charge in [-0.2, -0.15) is 9.97 Å². The number of nitrogens with one attached hydrogen (secondary N) is 1. The SMILES string of the molecule is COc1nc(NP(=O)(O)OC)nc(OC)n1. The van der Waals surface area contributed by atoms with Crippen molar-refractivity contribution in [2.24, 2.45) is 0 Å². The van der Waals surface area contributed by atoms with Gasteiger partial charge in [-0.15, -0.1) is 4.98 Å². The second-order valence-electron chi connectivity index (χ2n) is 2.45. The molecule has 0 radical (unpaired) electrons. The van der Waals surface area contributed by atoms with Crippen molar-refractivity contribution in [1.29, 1.82) is 0 Å². The maximum absolute atomic E-state index is 11.2. The van der Waals surface area contributed by atoms with Gasteiger partial charge in [0, 0.05) is 7.11 Å². The lowest BCUT2D eigenvalue weighted by molar-refractivity contribution is 0.320. The van der Waals surface area contributed by atoms with Crippen LogP contribution in [0, 0.1) is 0 Å². The fourth-order valence-electron chi connectivity index (χ4n) is 0.743. The molecule has 0 bridgehead atoms. The molecule has 1 unspecified atom stereocenters. The predicted molar refractivity (Wildman–Crippen MR) is 53.4 cm³/mol. The molecule has 90 valence electrons. The molecule has 10 heteroatoms. The first kappa shape index (κ1) is 12.6. The van der Waals surface area contributed by atoms with Crippen LogP contribution in [0.3, 0.4) is 0 Å². The molecule has 1 aromatic heterocycles. The van der Waals surface area contributed by atoms with Gasteiger partial charge in [-0.05, 0) is 0 Å². The minimum atomic E-state index is -3.97. The molecule has 1 heterocycles. The van der Waals surface area contributed by atoms with Gasteiger partial charge >= 0.3 is 19.8 Å². The molecule has 1 rings (SSSR count). The highest BCUT2D eigenvalue weighted by Crippen LogP contribution is 2.39. The lowest BCUT2D eigenvalue weighted by Gasteiger charge is -2.10. The van der Waals surface area contributed by atoms with E-state index in [1.54, 1.807) is 0 Å². The summed E-state index contributed by atoms with van der Waals surface area (Å²) in [6.45, 7) is 0. The van der Waals surface area contributed by atoms with E-state index in [2.05, 4.69) is 24.6 Å². The Morgan fingerprint density at radius 3 is 2.00 bits per heavy atom. The van der Waals surface area contributed by atoms with Crippen LogP contribution in [0.4, 0.5) is 5.95 Å². The zero-order chi connectivity index (χ0) is 12.2. The monoisotopic (exact) mass is 250 g/mol. The van der Waals surface area contributed by atoms with Gasteiger partial charge < -0.3 is 14.4 Å². The standard InChI is InChI=1S/C6H11N4O5P/c1-13-5-7-4(8-6(9-5)14-2)10-16(11,12)15-3/h1-3H3,(H2,7,8,9,10,11,12). The van der Waals surface area contributed by atoms with Crippen LogP contribution in [-0.4, -0.2) is 41.2 Å². The number of rotatable bonds is 5. The summed E-state index contributed by atoms with van der Waals surface area (Å²) in [5.41, 5.74) is 0. The number of nitrogens with zero attached hydrogens (tertiary/aromatic N) is 3. The van der Waals surface area contributed by atoms with Crippen LogP contribution in [-0.2, 0) is 9.09 Å². The van der Waals surface area contributed by atoms with Gasteiger partial charge in [-0.3, -0.25) is 9.61 Å². The van der Waals surface area contributed by atoms with Crippen LogP contribution in [0.25, 0.3) is 0 Å². The molecule has 0 aliphatic heterocycles. The summed E-state index contributed by atoms with van der Waals surface area (Å²) in [6.07, 6.45) is 0. The molecule has 0 fully saturated rings. The van der Waals surface area contributed by atoms with E-state index in [9.17, 15) is 4.57 Å². The van der Waals surface area contributed by atoms with Crippen LogP contribution in [0.5, 0.6) is 12.0 Å². The largest absolute Gasteiger partial charge is 0.467 e. The second kappa shape index (κ2) is 5.06. The quantitative estimate of drug-likeness (QED) is 0.699. The van der Waals surface area contributed by atoms with E-state index < -0.39 is 7.75 Å².